The fraction of sp³-hybridized carbons (Fsp3) is 0.652. The summed E-state index contributed by atoms with van der Waals surface area (Å²) in [6.45, 7) is 10.3. The van der Waals surface area contributed by atoms with Crippen LogP contribution in [0.5, 0.6) is 0 Å². The van der Waals surface area contributed by atoms with E-state index in [0.717, 1.165) is 13.0 Å². The number of nitrogens with zero attached hydrogens (tertiary/aromatic N) is 3. The Kier molecular flexibility index (Phi) is 11.3. The monoisotopic (exact) mass is 452 g/mol. The highest BCUT2D eigenvalue weighted by molar-refractivity contribution is 5.89. The molecule has 1 N–H and O–H groups in total. The van der Waals surface area contributed by atoms with Gasteiger partial charge in [0.1, 0.15) is 6.10 Å². The number of nitrogens with one attached hydrogen (secondary N) is 1. The number of halogens is 1. The molecule has 0 saturated carbocycles. The number of carbonyl (C=O) groups is 3. The Balaban J connectivity index is 2.53. The predicted octanol–water partition coefficient (Wildman–Crippen LogP) is 2.57. The topological polar surface area (TPSA) is 91.8 Å². The molecule has 2 amide bonds. The van der Waals surface area contributed by atoms with Gasteiger partial charge in [0.05, 0.1) is 17.8 Å². The maximum absolute atomic E-state index is 13.7. The quantitative estimate of drug-likeness (QED) is 0.463. The minimum Gasteiger partial charge on any atom is -0.459 e. The standard InChI is InChI=1S/C23H37FN4O4/c1-7-12-28(8-2)20(29)16-25-15-19-14-18(9-11-26-19)21(30)32-17(3)10-13-27(6)22(31)23(4,5)24/h9,11,14,17,25H,7-8,10,12-13,15-16H2,1-6H3. The molecule has 8 nitrogen and oxygen atoms in total. The Hall–Kier alpha value is -2.55. The van der Waals surface area contributed by atoms with Gasteiger partial charge in [-0.3, -0.25) is 14.6 Å². The minimum absolute atomic E-state index is 0.0262. The van der Waals surface area contributed by atoms with E-state index in [-0.39, 0.29) is 19.0 Å². The molecule has 1 atom stereocenters. The Bertz CT molecular complexity index is 767. The van der Waals surface area contributed by atoms with Crippen molar-refractivity contribution in [3.05, 3.63) is 29.6 Å². The number of aromatic nitrogens is 1. The summed E-state index contributed by atoms with van der Waals surface area (Å²) in [7, 11) is 1.52. The predicted molar refractivity (Wildman–Crippen MR) is 121 cm³/mol. The number of pyridine rings is 1. The summed E-state index contributed by atoms with van der Waals surface area (Å²) in [5.74, 6) is -1.09. The van der Waals surface area contributed by atoms with Gasteiger partial charge >= 0.3 is 5.97 Å². The van der Waals surface area contributed by atoms with E-state index in [1.165, 1.54) is 32.0 Å². The van der Waals surface area contributed by atoms with E-state index in [2.05, 4.69) is 10.3 Å². The van der Waals surface area contributed by atoms with E-state index in [0.29, 0.717) is 30.8 Å². The zero-order valence-electron chi connectivity index (χ0n) is 20.1. The third kappa shape index (κ3) is 9.30. The van der Waals surface area contributed by atoms with Gasteiger partial charge in [0.25, 0.3) is 5.91 Å². The summed E-state index contributed by atoms with van der Waals surface area (Å²) in [6, 6.07) is 3.18. The van der Waals surface area contributed by atoms with Crippen LogP contribution in [0.1, 0.15) is 63.5 Å². The SMILES string of the molecule is CCCN(CC)C(=O)CNCc1cc(C(=O)OC(C)CCN(C)C(=O)C(C)(C)F)ccn1. The van der Waals surface area contributed by atoms with Crippen LogP contribution in [-0.4, -0.2) is 77.6 Å². The number of carbonyl (C=O) groups excluding carboxylic acids is 3. The summed E-state index contributed by atoms with van der Waals surface area (Å²) < 4.78 is 19.2. The first-order valence-corrected chi connectivity index (χ1v) is 11.1. The van der Waals surface area contributed by atoms with Gasteiger partial charge in [-0.1, -0.05) is 6.92 Å². The van der Waals surface area contributed by atoms with Gasteiger partial charge < -0.3 is 19.9 Å². The lowest BCUT2D eigenvalue weighted by Gasteiger charge is -2.24. The van der Waals surface area contributed by atoms with Gasteiger partial charge in [-0.15, -0.1) is 0 Å². The molecule has 1 unspecified atom stereocenters. The largest absolute Gasteiger partial charge is 0.459 e. The molecule has 32 heavy (non-hydrogen) atoms. The van der Waals surface area contributed by atoms with Crippen LogP contribution < -0.4 is 5.32 Å². The van der Waals surface area contributed by atoms with Gasteiger partial charge in [-0.05, 0) is 46.2 Å². The number of rotatable bonds is 13. The van der Waals surface area contributed by atoms with Crippen molar-refractivity contribution < 1.29 is 23.5 Å². The minimum atomic E-state index is -1.94. The second-order valence-electron chi connectivity index (χ2n) is 8.32. The summed E-state index contributed by atoms with van der Waals surface area (Å²) in [6.07, 6.45) is 2.36. The Labute approximate surface area is 190 Å². The van der Waals surface area contributed by atoms with Crippen LogP contribution in [0, 0.1) is 0 Å². The van der Waals surface area contributed by atoms with Crippen molar-refractivity contribution >= 4 is 17.8 Å². The van der Waals surface area contributed by atoms with E-state index in [4.69, 9.17) is 4.74 Å². The van der Waals surface area contributed by atoms with Crippen molar-refractivity contribution in [1.29, 1.82) is 0 Å². The molecule has 0 radical (unpaired) electrons. The summed E-state index contributed by atoms with van der Waals surface area (Å²) in [5, 5.41) is 3.06. The molecule has 9 heteroatoms. The van der Waals surface area contributed by atoms with E-state index < -0.39 is 23.6 Å². The van der Waals surface area contributed by atoms with Crippen LogP contribution >= 0.6 is 0 Å². The molecule has 1 rings (SSSR count). The molecule has 0 fully saturated rings. The molecule has 0 spiro atoms. The first-order chi connectivity index (χ1) is 15.0. The number of ether oxygens (including phenoxy) is 1. The van der Waals surface area contributed by atoms with Crippen LogP contribution in [0.3, 0.4) is 0 Å². The third-order valence-corrected chi connectivity index (χ3v) is 4.90. The Morgan fingerprint density at radius 3 is 2.53 bits per heavy atom. The number of likely N-dealkylation sites (N-methyl/N-ethyl adjacent to an activating group) is 1. The fourth-order valence-corrected chi connectivity index (χ4v) is 3.08. The molecule has 0 aliphatic heterocycles. The van der Waals surface area contributed by atoms with Gasteiger partial charge in [-0.25, -0.2) is 9.18 Å². The molecule has 1 aromatic rings. The van der Waals surface area contributed by atoms with Crippen LogP contribution in [0.25, 0.3) is 0 Å². The number of hydrogen-bond acceptors (Lipinski definition) is 6. The maximum atomic E-state index is 13.7. The van der Waals surface area contributed by atoms with Crippen LogP contribution in [0.4, 0.5) is 4.39 Å². The van der Waals surface area contributed by atoms with Crippen molar-refractivity contribution in [1.82, 2.24) is 20.1 Å². The molecule has 0 aliphatic rings. The van der Waals surface area contributed by atoms with Crippen molar-refractivity contribution in [3.8, 4) is 0 Å². The molecular formula is C23H37FN4O4. The van der Waals surface area contributed by atoms with Gasteiger partial charge in [0.15, 0.2) is 5.67 Å². The fourth-order valence-electron chi connectivity index (χ4n) is 3.08. The smallest absolute Gasteiger partial charge is 0.338 e. The summed E-state index contributed by atoms with van der Waals surface area (Å²) in [4.78, 5) is 43.8. The Morgan fingerprint density at radius 1 is 1.25 bits per heavy atom. The first-order valence-electron chi connectivity index (χ1n) is 11.1. The van der Waals surface area contributed by atoms with Crippen LogP contribution in [0.2, 0.25) is 0 Å². The first kappa shape index (κ1) is 27.5. The maximum Gasteiger partial charge on any atom is 0.338 e. The highest BCUT2D eigenvalue weighted by Gasteiger charge is 2.29. The molecule has 0 bridgehead atoms. The van der Waals surface area contributed by atoms with Gasteiger partial charge in [0, 0.05) is 45.8 Å². The number of hydrogen-bond donors (Lipinski definition) is 1. The van der Waals surface area contributed by atoms with Crippen molar-refractivity contribution in [2.75, 3.05) is 33.2 Å². The zero-order chi connectivity index (χ0) is 24.3. The lowest BCUT2D eigenvalue weighted by Crippen LogP contribution is -2.41. The second kappa shape index (κ2) is 13.1. The highest BCUT2D eigenvalue weighted by Crippen LogP contribution is 2.13. The van der Waals surface area contributed by atoms with E-state index in [1.807, 2.05) is 13.8 Å². The normalized spacial score (nSPS) is 12.2. The van der Waals surface area contributed by atoms with E-state index in [9.17, 15) is 18.8 Å². The van der Waals surface area contributed by atoms with Gasteiger partial charge in [-0.2, -0.15) is 0 Å². The molecular weight excluding hydrogens is 415 g/mol. The molecule has 1 heterocycles. The molecule has 180 valence electrons. The van der Waals surface area contributed by atoms with Crippen molar-refractivity contribution in [3.63, 3.8) is 0 Å². The highest BCUT2D eigenvalue weighted by atomic mass is 19.1. The average Bonchev–Trinajstić information content (AvgIpc) is 2.74. The number of alkyl halides is 1. The van der Waals surface area contributed by atoms with Crippen molar-refractivity contribution in [2.45, 2.75) is 65.8 Å². The molecule has 0 aliphatic carbocycles. The average molecular weight is 453 g/mol. The van der Waals surface area contributed by atoms with E-state index in [1.54, 1.807) is 24.0 Å². The van der Waals surface area contributed by atoms with Gasteiger partial charge in [0.2, 0.25) is 5.91 Å². The number of esters is 1. The zero-order valence-corrected chi connectivity index (χ0v) is 20.1. The molecule has 0 aromatic carbocycles. The summed E-state index contributed by atoms with van der Waals surface area (Å²) >= 11 is 0. The second-order valence-corrected chi connectivity index (χ2v) is 8.32. The third-order valence-electron chi connectivity index (χ3n) is 4.90. The van der Waals surface area contributed by atoms with Crippen LogP contribution in [-0.2, 0) is 20.9 Å². The molecule has 0 saturated heterocycles. The molecule has 1 aromatic heterocycles. The van der Waals surface area contributed by atoms with E-state index >= 15 is 0 Å². The summed E-state index contributed by atoms with van der Waals surface area (Å²) in [5.41, 5.74) is -0.967. The lowest BCUT2D eigenvalue weighted by atomic mass is 10.1. The Morgan fingerprint density at radius 2 is 1.94 bits per heavy atom. The van der Waals surface area contributed by atoms with Crippen LogP contribution in [0.15, 0.2) is 18.3 Å². The van der Waals surface area contributed by atoms with Crippen molar-refractivity contribution in [2.24, 2.45) is 0 Å². The number of amides is 2. The lowest BCUT2D eigenvalue weighted by molar-refractivity contribution is -0.140.